The number of rotatable bonds is 13. The van der Waals surface area contributed by atoms with Gasteiger partial charge in [-0.25, -0.2) is 0 Å². The van der Waals surface area contributed by atoms with E-state index in [9.17, 15) is 0 Å². The van der Waals surface area contributed by atoms with Crippen molar-refractivity contribution in [1.82, 2.24) is 0 Å². The monoisotopic (exact) mass is 432 g/mol. The average molecular weight is 433 g/mol. The first-order valence-corrected chi connectivity index (χ1v) is 14.7. The van der Waals surface area contributed by atoms with Gasteiger partial charge in [0.1, 0.15) is 0 Å². The van der Waals surface area contributed by atoms with Gasteiger partial charge in [-0.3, -0.25) is 0 Å². The zero-order valence-electron chi connectivity index (χ0n) is 19.7. The van der Waals surface area contributed by atoms with Gasteiger partial charge in [0.15, 0.2) is 0 Å². The fraction of sp³-hybridized carbons (Fsp3) is 0.400. The van der Waals surface area contributed by atoms with Crippen LogP contribution in [-0.2, 0) is 6.42 Å². The fourth-order valence-electron chi connectivity index (χ4n) is 5.06. The Hall–Kier alpha value is -1.91. The molecule has 0 radical (unpaired) electrons. The first-order chi connectivity index (χ1) is 15.3. The molecule has 3 aromatic rings. The Labute approximate surface area is 191 Å². The van der Waals surface area contributed by atoms with Crippen molar-refractivity contribution in [2.45, 2.75) is 71.6 Å². The second-order valence-corrected chi connectivity index (χ2v) is 12.9. The van der Waals surface area contributed by atoms with Crippen LogP contribution in [0.5, 0.6) is 0 Å². The fourth-order valence-corrected chi connectivity index (χ4v) is 10.3. The molecule has 166 valence electrons. The number of hydrogen-bond acceptors (Lipinski definition) is 0. The predicted molar refractivity (Wildman–Crippen MR) is 143 cm³/mol. The molecule has 0 heterocycles. The van der Waals surface area contributed by atoms with Crippen molar-refractivity contribution < 1.29 is 0 Å². The second-order valence-electron chi connectivity index (χ2n) is 8.92. The molecule has 0 aliphatic heterocycles. The molecule has 3 rings (SSSR count). The summed E-state index contributed by atoms with van der Waals surface area (Å²) in [6.45, 7) is 4.61. The van der Waals surface area contributed by atoms with Crippen molar-refractivity contribution in [2.24, 2.45) is 0 Å². The van der Waals surface area contributed by atoms with Gasteiger partial charge in [-0.2, -0.15) is 0 Å². The molecule has 0 bridgehead atoms. The van der Waals surface area contributed by atoms with Crippen molar-refractivity contribution in [3.8, 4) is 0 Å². The summed E-state index contributed by atoms with van der Waals surface area (Å²) in [7, 11) is -2.09. The molecule has 0 amide bonds. The minimum absolute atomic E-state index is 1.21. The summed E-state index contributed by atoms with van der Waals surface area (Å²) >= 11 is 0. The van der Waals surface area contributed by atoms with E-state index in [4.69, 9.17) is 0 Å². The maximum absolute atomic E-state index is 2.47. The quantitative estimate of drug-likeness (QED) is 0.195. The van der Waals surface area contributed by atoms with Crippen LogP contribution >= 0.6 is 7.26 Å². The Kier molecular flexibility index (Phi) is 9.83. The summed E-state index contributed by atoms with van der Waals surface area (Å²) in [5, 5.41) is 4.79. The van der Waals surface area contributed by atoms with Crippen molar-refractivity contribution in [3.63, 3.8) is 0 Å². The SMILES string of the molecule is CCCCCCc1ccccc1[PH](CCCCCC)(c1ccccc1)c1ccccc1. The van der Waals surface area contributed by atoms with Crippen LogP contribution in [0, 0.1) is 0 Å². The molecule has 0 aliphatic rings. The van der Waals surface area contributed by atoms with Gasteiger partial charge in [0.05, 0.1) is 0 Å². The van der Waals surface area contributed by atoms with Crippen molar-refractivity contribution in [1.29, 1.82) is 0 Å². The molecule has 0 fully saturated rings. The van der Waals surface area contributed by atoms with E-state index in [1.165, 1.54) is 63.9 Å². The van der Waals surface area contributed by atoms with Crippen LogP contribution in [-0.4, -0.2) is 6.16 Å². The van der Waals surface area contributed by atoms with Gasteiger partial charge in [-0.15, -0.1) is 0 Å². The molecular weight excluding hydrogens is 391 g/mol. The third kappa shape index (κ3) is 6.08. The van der Waals surface area contributed by atoms with Crippen LogP contribution in [0.1, 0.15) is 70.8 Å². The maximum atomic E-state index is 2.47. The summed E-state index contributed by atoms with van der Waals surface area (Å²) in [6.07, 6.45) is 13.1. The molecule has 0 aliphatic carbocycles. The van der Waals surface area contributed by atoms with Crippen LogP contribution in [0.3, 0.4) is 0 Å². The van der Waals surface area contributed by atoms with Crippen LogP contribution in [0.15, 0.2) is 84.9 Å². The zero-order valence-corrected chi connectivity index (χ0v) is 20.7. The molecule has 0 saturated carbocycles. The van der Waals surface area contributed by atoms with Crippen LogP contribution < -0.4 is 15.9 Å². The molecule has 0 atom stereocenters. The van der Waals surface area contributed by atoms with E-state index in [0.29, 0.717) is 0 Å². The van der Waals surface area contributed by atoms with Gasteiger partial charge >= 0.3 is 191 Å². The number of hydrogen-bond donors (Lipinski definition) is 0. The van der Waals surface area contributed by atoms with E-state index in [2.05, 4.69) is 98.8 Å². The van der Waals surface area contributed by atoms with Crippen LogP contribution in [0.25, 0.3) is 0 Å². The van der Waals surface area contributed by atoms with Gasteiger partial charge in [0.25, 0.3) is 0 Å². The molecule has 0 N–H and O–H groups in total. The van der Waals surface area contributed by atoms with Gasteiger partial charge in [0.2, 0.25) is 0 Å². The molecule has 0 aromatic heterocycles. The summed E-state index contributed by atoms with van der Waals surface area (Å²) in [5.74, 6) is 0. The Balaban J connectivity index is 2.11. The molecule has 0 nitrogen and oxygen atoms in total. The van der Waals surface area contributed by atoms with Crippen LogP contribution in [0.4, 0.5) is 0 Å². The third-order valence-electron chi connectivity index (χ3n) is 6.72. The Bertz CT molecular complexity index is 830. The first-order valence-electron chi connectivity index (χ1n) is 12.5. The van der Waals surface area contributed by atoms with Crippen molar-refractivity contribution in [3.05, 3.63) is 90.5 Å². The predicted octanol–water partition coefficient (Wildman–Crippen LogP) is 7.42. The summed E-state index contributed by atoms with van der Waals surface area (Å²) in [5.41, 5.74) is 1.59. The molecular formula is C30H41P. The molecule has 3 aromatic carbocycles. The number of unbranched alkanes of at least 4 members (excludes halogenated alkanes) is 6. The first kappa shape index (κ1) is 23.7. The summed E-state index contributed by atoms with van der Waals surface area (Å²) in [6, 6.07) is 32.4. The topological polar surface area (TPSA) is 0 Å². The van der Waals surface area contributed by atoms with Gasteiger partial charge in [0, 0.05) is 0 Å². The van der Waals surface area contributed by atoms with E-state index in [1.807, 2.05) is 0 Å². The van der Waals surface area contributed by atoms with E-state index in [0.717, 1.165) is 0 Å². The molecule has 0 saturated heterocycles. The second kappa shape index (κ2) is 12.8. The van der Waals surface area contributed by atoms with E-state index in [1.54, 1.807) is 21.5 Å². The van der Waals surface area contributed by atoms with Gasteiger partial charge in [-0.1, -0.05) is 0 Å². The van der Waals surface area contributed by atoms with E-state index < -0.39 is 7.26 Å². The van der Waals surface area contributed by atoms with Crippen molar-refractivity contribution >= 4 is 23.2 Å². The Morgan fingerprint density at radius 1 is 0.516 bits per heavy atom. The molecule has 1 heteroatoms. The number of aryl methyl sites for hydroxylation is 1. The Morgan fingerprint density at radius 2 is 1.03 bits per heavy atom. The normalized spacial score (nSPS) is 12.1. The van der Waals surface area contributed by atoms with E-state index >= 15 is 0 Å². The van der Waals surface area contributed by atoms with Gasteiger partial charge < -0.3 is 0 Å². The molecule has 31 heavy (non-hydrogen) atoms. The minimum atomic E-state index is -2.09. The zero-order chi connectivity index (χ0) is 21.8. The Morgan fingerprint density at radius 3 is 1.61 bits per heavy atom. The van der Waals surface area contributed by atoms with E-state index in [-0.39, 0.29) is 0 Å². The third-order valence-corrected chi connectivity index (χ3v) is 11.9. The average Bonchev–Trinajstić information content (AvgIpc) is 2.84. The van der Waals surface area contributed by atoms with Gasteiger partial charge in [-0.05, 0) is 0 Å². The molecule has 0 unspecified atom stereocenters. The van der Waals surface area contributed by atoms with Crippen molar-refractivity contribution in [2.75, 3.05) is 6.16 Å². The standard InChI is InChI=1S/C30H41P/c1-3-5-7-11-19-27-20-16-17-25-30(27)31(26-18-8-6-4-2,28-21-12-9-13-22-28)29-23-14-10-15-24-29/h9-10,12-17,20-25,31H,3-8,11,18-19,26H2,1-2H3. The number of benzene rings is 3. The van der Waals surface area contributed by atoms with Crippen LogP contribution in [0.2, 0.25) is 0 Å². The summed E-state index contributed by atoms with van der Waals surface area (Å²) in [4.78, 5) is 0. The summed E-state index contributed by atoms with van der Waals surface area (Å²) < 4.78 is 0. The molecule has 0 spiro atoms.